The average molecular weight is 278 g/mol. The highest BCUT2D eigenvalue weighted by Crippen LogP contribution is 2.18. The summed E-state index contributed by atoms with van der Waals surface area (Å²) in [5.41, 5.74) is 1.00. The normalized spacial score (nSPS) is 16.0. The molecule has 1 aromatic rings. The summed E-state index contributed by atoms with van der Waals surface area (Å²) in [6.07, 6.45) is 2.42. The standard InChI is InChI=1S/C15H22N2O3/c18-15(19)11-20-14-4-2-1-3-13(14)10-17-9-12-5-7-16-8-6-12/h1-4,12,16-17H,5-11H2,(H,18,19). The average Bonchev–Trinajstić information content (AvgIpc) is 2.47. The van der Waals surface area contributed by atoms with E-state index in [0.717, 1.165) is 31.1 Å². The molecule has 110 valence electrons. The smallest absolute Gasteiger partial charge is 0.341 e. The van der Waals surface area contributed by atoms with E-state index in [9.17, 15) is 4.79 Å². The first kappa shape index (κ1) is 14.8. The largest absolute Gasteiger partial charge is 0.482 e. The monoisotopic (exact) mass is 278 g/mol. The van der Waals surface area contributed by atoms with Crippen LogP contribution in [-0.4, -0.2) is 37.3 Å². The van der Waals surface area contributed by atoms with Crippen LogP contribution >= 0.6 is 0 Å². The Morgan fingerprint density at radius 3 is 2.85 bits per heavy atom. The lowest BCUT2D eigenvalue weighted by atomic mass is 9.98. The maximum atomic E-state index is 10.6. The molecule has 20 heavy (non-hydrogen) atoms. The van der Waals surface area contributed by atoms with Crippen molar-refractivity contribution in [2.45, 2.75) is 19.4 Å². The lowest BCUT2D eigenvalue weighted by molar-refractivity contribution is -0.139. The number of nitrogens with one attached hydrogen (secondary N) is 2. The fourth-order valence-corrected chi connectivity index (χ4v) is 2.43. The highest BCUT2D eigenvalue weighted by atomic mass is 16.5. The first-order chi connectivity index (χ1) is 9.75. The van der Waals surface area contributed by atoms with Crippen molar-refractivity contribution in [3.8, 4) is 5.75 Å². The molecule has 5 heteroatoms. The zero-order chi connectivity index (χ0) is 14.2. The minimum absolute atomic E-state index is 0.300. The van der Waals surface area contributed by atoms with Gasteiger partial charge in [0.15, 0.2) is 6.61 Å². The second kappa shape index (κ2) is 7.87. The Hall–Kier alpha value is -1.59. The van der Waals surface area contributed by atoms with Gasteiger partial charge >= 0.3 is 5.97 Å². The number of carboxylic acid groups (broad SMARTS) is 1. The molecule has 0 amide bonds. The zero-order valence-electron chi connectivity index (χ0n) is 11.6. The summed E-state index contributed by atoms with van der Waals surface area (Å²) in [4.78, 5) is 10.6. The van der Waals surface area contributed by atoms with E-state index in [1.807, 2.05) is 24.3 Å². The topological polar surface area (TPSA) is 70.6 Å². The number of carbonyl (C=O) groups is 1. The van der Waals surface area contributed by atoms with Gasteiger partial charge in [-0.3, -0.25) is 0 Å². The van der Waals surface area contributed by atoms with Gasteiger partial charge in [-0.2, -0.15) is 0 Å². The summed E-state index contributed by atoms with van der Waals surface area (Å²) >= 11 is 0. The molecule has 1 heterocycles. The van der Waals surface area contributed by atoms with Crippen LogP contribution in [0.1, 0.15) is 18.4 Å². The Kier molecular flexibility index (Phi) is 5.83. The Morgan fingerprint density at radius 2 is 2.10 bits per heavy atom. The molecule has 0 unspecified atom stereocenters. The van der Waals surface area contributed by atoms with Crippen molar-refractivity contribution in [3.05, 3.63) is 29.8 Å². The van der Waals surface area contributed by atoms with Crippen LogP contribution in [0.5, 0.6) is 5.75 Å². The van der Waals surface area contributed by atoms with E-state index in [2.05, 4.69) is 10.6 Å². The van der Waals surface area contributed by atoms with Crippen molar-refractivity contribution >= 4 is 5.97 Å². The van der Waals surface area contributed by atoms with Gasteiger partial charge in [-0.25, -0.2) is 4.79 Å². The number of carboxylic acids is 1. The molecule has 1 aromatic carbocycles. The van der Waals surface area contributed by atoms with Crippen molar-refractivity contribution in [2.75, 3.05) is 26.2 Å². The molecule has 0 saturated carbocycles. The fraction of sp³-hybridized carbons (Fsp3) is 0.533. The van der Waals surface area contributed by atoms with E-state index in [-0.39, 0.29) is 6.61 Å². The lowest BCUT2D eigenvalue weighted by Crippen LogP contribution is -2.33. The first-order valence-corrected chi connectivity index (χ1v) is 7.09. The van der Waals surface area contributed by atoms with Gasteiger partial charge in [-0.1, -0.05) is 18.2 Å². The zero-order valence-corrected chi connectivity index (χ0v) is 11.6. The number of hydrogen-bond acceptors (Lipinski definition) is 4. The van der Waals surface area contributed by atoms with Crippen LogP contribution in [0.25, 0.3) is 0 Å². The summed E-state index contributed by atoms with van der Waals surface area (Å²) < 4.78 is 5.29. The molecule has 0 radical (unpaired) electrons. The second-order valence-corrected chi connectivity index (χ2v) is 5.11. The number of para-hydroxylation sites is 1. The van der Waals surface area contributed by atoms with Crippen molar-refractivity contribution in [2.24, 2.45) is 5.92 Å². The minimum Gasteiger partial charge on any atom is -0.482 e. The third-order valence-electron chi connectivity index (χ3n) is 3.53. The Labute approximate surface area is 119 Å². The van der Waals surface area contributed by atoms with Crippen LogP contribution in [0.15, 0.2) is 24.3 Å². The van der Waals surface area contributed by atoms with Crippen LogP contribution in [0.2, 0.25) is 0 Å². The molecule has 0 spiro atoms. The molecular weight excluding hydrogens is 256 g/mol. The SMILES string of the molecule is O=C(O)COc1ccccc1CNCC1CCNCC1. The van der Waals surface area contributed by atoms with Crippen molar-refractivity contribution in [3.63, 3.8) is 0 Å². The van der Waals surface area contributed by atoms with Gasteiger partial charge in [0, 0.05) is 12.1 Å². The van der Waals surface area contributed by atoms with Crippen molar-refractivity contribution in [1.29, 1.82) is 0 Å². The molecule has 0 aromatic heterocycles. The highest BCUT2D eigenvalue weighted by molar-refractivity contribution is 5.68. The van der Waals surface area contributed by atoms with Gasteiger partial charge in [-0.15, -0.1) is 0 Å². The molecule has 1 fully saturated rings. The van der Waals surface area contributed by atoms with Gasteiger partial charge in [-0.05, 0) is 44.5 Å². The van der Waals surface area contributed by atoms with Crippen LogP contribution < -0.4 is 15.4 Å². The van der Waals surface area contributed by atoms with Gasteiger partial charge in [0.25, 0.3) is 0 Å². The van der Waals surface area contributed by atoms with Crippen LogP contribution in [0.3, 0.4) is 0 Å². The van der Waals surface area contributed by atoms with E-state index < -0.39 is 5.97 Å². The quantitative estimate of drug-likeness (QED) is 0.700. The number of ether oxygens (including phenoxy) is 1. The minimum atomic E-state index is -0.956. The molecule has 0 aliphatic carbocycles. The molecule has 1 saturated heterocycles. The number of aliphatic carboxylic acids is 1. The Balaban J connectivity index is 1.80. The summed E-state index contributed by atoms with van der Waals surface area (Å²) in [6, 6.07) is 7.57. The summed E-state index contributed by atoms with van der Waals surface area (Å²) in [7, 11) is 0. The van der Waals surface area contributed by atoms with E-state index in [0.29, 0.717) is 12.3 Å². The maximum Gasteiger partial charge on any atom is 0.341 e. The first-order valence-electron chi connectivity index (χ1n) is 7.09. The molecule has 0 atom stereocenters. The Bertz CT molecular complexity index is 431. The van der Waals surface area contributed by atoms with Gasteiger partial charge < -0.3 is 20.5 Å². The molecule has 0 bridgehead atoms. The molecule has 3 N–H and O–H groups in total. The van der Waals surface area contributed by atoms with Crippen LogP contribution in [-0.2, 0) is 11.3 Å². The predicted octanol–water partition coefficient (Wildman–Crippen LogP) is 1.24. The fourth-order valence-electron chi connectivity index (χ4n) is 2.43. The summed E-state index contributed by atoms with van der Waals surface area (Å²) in [5.74, 6) is 0.415. The maximum absolute atomic E-state index is 10.6. The summed E-state index contributed by atoms with van der Waals surface area (Å²) in [5, 5.41) is 15.5. The second-order valence-electron chi connectivity index (χ2n) is 5.11. The van der Waals surface area contributed by atoms with Gasteiger partial charge in [0.2, 0.25) is 0 Å². The Morgan fingerprint density at radius 1 is 1.35 bits per heavy atom. The molecule has 2 rings (SSSR count). The van der Waals surface area contributed by atoms with Crippen molar-refractivity contribution < 1.29 is 14.6 Å². The number of benzene rings is 1. The van der Waals surface area contributed by atoms with E-state index in [1.54, 1.807) is 0 Å². The summed E-state index contributed by atoms with van der Waals surface area (Å²) in [6.45, 7) is 3.61. The number of piperidine rings is 1. The lowest BCUT2D eigenvalue weighted by Gasteiger charge is -2.23. The van der Waals surface area contributed by atoms with Gasteiger partial charge in [0.1, 0.15) is 5.75 Å². The number of rotatable bonds is 7. The molecule has 1 aliphatic heterocycles. The third-order valence-corrected chi connectivity index (χ3v) is 3.53. The molecule has 5 nitrogen and oxygen atoms in total. The van der Waals surface area contributed by atoms with E-state index in [4.69, 9.17) is 9.84 Å². The third kappa shape index (κ3) is 4.83. The van der Waals surface area contributed by atoms with Crippen LogP contribution in [0, 0.1) is 5.92 Å². The van der Waals surface area contributed by atoms with Crippen molar-refractivity contribution in [1.82, 2.24) is 10.6 Å². The van der Waals surface area contributed by atoms with E-state index >= 15 is 0 Å². The number of hydrogen-bond donors (Lipinski definition) is 3. The van der Waals surface area contributed by atoms with Crippen LogP contribution in [0.4, 0.5) is 0 Å². The molecule has 1 aliphatic rings. The van der Waals surface area contributed by atoms with Gasteiger partial charge in [0.05, 0.1) is 0 Å². The molecular formula is C15H22N2O3. The predicted molar refractivity (Wildman–Crippen MR) is 76.9 cm³/mol. The van der Waals surface area contributed by atoms with E-state index in [1.165, 1.54) is 12.8 Å². The highest BCUT2D eigenvalue weighted by Gasteiger charge is 2.12.